The molecule has 2 heteroatoms. The van der Waals surface area contributed by atoms with Gasteiger partial charge in [-0.1, -0.05) is 30.3 Å². The molecule has 0 aliphatic carbocycles. The molecule has 14 heavy (non-hydrogen) atoms. The van der Waals surface area contributed by atoms with Gasteiger partial charge in [0.15, 0.2) is 0 Å². The molecule has 0 N–H and O–H groups in total. The molecule has 0 fully saturated rings. The van der Waals surface area contributed by atoms with Gasteiger partial charge in [-0.2, -0.15) is 0 Å². The summed E-state index contributed by atoms with van der Waals surface area (Å²) in [7, 11) is 1.62. The van der Waals surface area contributed by atoms with Gasteiger partial charge in [0.1, 0.15) is 0 Å². The largest absolute Gasteiger partial charge is 0.481 e. The Bertz CT molecular complexity index is 412. The maximum Gasteiger partial charge on any atom is 0.213 e. The molecule has 0 saturated carbocycles. The summed E-state index contributed by atoms with van der Waals surface area (Å²) in [4.78, 5) is 4.06. The minimum absolute atomic E-state index is 0.645. The van der Waals surface area contributed by atoms with Crippen LogP contribution in [0.5, 0.6) is 5.88 Å². The Morgan fingerprint density at radius 1 is 1.00 bits per heavy atom. The molecule has 2 nitrogen and oxygen atoms in total. The minimum atomic E-state index is 0.645. The van der Waals surface area contributed by atoms with Crippen molar-refractivity contribution < 1.29 is 4.74 Å². The second kappa shape index (κ2) is 3.92. The molecule has 1 heterocycles. The first-order valence-electron chi connectivity index (χ1n) is 4.45. The van der Waals surface area contributed by atoms with Crippen molar-refractivity contribution in [2.45, 2.75) is 0 Å². The highest BCUT2D eigenvalue weighted by Crippen LogP contribution is 2.21. The third-order valence-electron chi connectivity index (χ3n) is 2.05. The van der Waals surface area contributed by atoms with Crippen molar-refractivity contribution in [2.75, 3.05) is 7.11 Å². The molecule has 0 aliphatic heterocycles. The molecule has 0 spiro atoms. The second-order valence-corrected chi connectivity index (χ2v) is 2.95. The zero-order valence-corrected chi connectivity index (χ0v) is 7.97. The molecule has 2 rings (SSSR count). The first-order valence-corrected chi connectivity index (χ1v) is 4.45. The molecule has 0 aliphatic rings. The van der Waals surface area contributed by atoms with Crippen LogP contribution in [-0.2, 0) is 0 Å². The first kappa shape index (κ1) is 8.75. The van der Waals surface area contributed by atoms with E-state index in [0.29, 0.717) is 5.88 Å². The van der Waals surface area contributed by atoms with E-state index >= 15 is 0 Å². The van der Waals surface area contributed by atoms with Crippen LogP contribution in [0.25, 0.3) is 11.1 Å². The molecule has 0 bridgehead atoms. The van der Waals surface area contributed by atoms with Gasteiger partial charge in [-0.05, 0) is 17.2 Å². The predicted octanol–water partition coefficient (Wildman–Crippen LogP) is 2.76. The van der Waals surface area contributed by atoms with E-state index in [1.54, 1.807) is 13.3 Å². The number of ether oxygens (including phenoxy) is 1. The van der Waals surface area contributed by atoms with Gasteiger partial charge < -0.3 is 4.74 Å². The van der Waals surface area contributed by atoms with Gasteiger partial charge in [-0.25, -0.2) is 4.98 Å². The molecule has 2 aromatic rings. The number of benzene rings is 1. The smallest absolute Gasteiger partial charge is 0.213 e. The topological polar surface area (TPSA) is 22.1 Å². The molecule has 0 amide bonds. The molecular weight excluding hydrogens is 174 g/mol. The molecule has 0 atom stereocenters. The van der Waals surface area contributed by atoms with Gasteiger partial charge in [-0.15, -0.1) is 0 Å². The van der Waals surface area contributed by atoms with Crippen molar-refractivity contribution in [1.82, 2.24) is 4.98 Å². The molecule has 1 aromatic carbocycles. The van der Waals surface area contributed by atoms with Crippen LogP contribution in [0.2, 0.25) is 0 Å². The number of hydrogen-bond donors (Lipinski definition) is 0. The highest BCUT2D eigenvalue weighted by Gasteiger charge is 1.98. The maximum absolute atomic E-state index is 5.07. The van der Waals surface area contributed by atoms with Crippen molar-refractivity contribution in [3.05, 3.63) is 48.7 Å². The summed E-state index contributed by atoms with van der Waals surface area (Å²) in [5.74, 6) is 0.645. The van der Waals surface area contributed by atoms with Gasteiger partial charge in [-0.3, -0.25) is 0 Å². The number of nitrogens with zero attached hydrogens (tertiary/aromatic N) is 1. The van der Waals surface area contributed by atoms with E-state index in [0.717, 1.165) is 5.56 Å². The second-order valence-electron chi connectivity index (χ2n) is 2.95. The van der Waals surface area contributed by atoms with Crippen LogP contribution in [0.3, 0.4) is 0 Å². The van der Waals surface area contributed by atoms with Crippen LogP contribution >= 0.6 is 0 Å². The van der Waals surface area contributed by atoms with Gasteiger partial charge >= 0.3 is 0 Å². The van der Waals surface area contributed by atoms with E-state index in [1.165, 1.54) is 5.56 Å². The number of aromatic nitrogens is 1. The van der Waals surface area contributed by atoms with E-state index in [9.17, 15) is 0 Å². The van der Waals surface area contributed by atoms with Crippen molar-refractivity contribution in [3.8, 4) is 17.0 Å². The van der Waals surface area contributed by atoms with Crippen LogP contribution in [0.15, 0.2) is 48.7 Å². The summed E-state index contributed by atoms with van der Waals surface area (Å²) in [6.07, 6.45) is 1.75. The lowest BCUT2D eigenvalue weighted by Crippen LogP contribution is -1.87. The quantitative estimate of drug-likeness (QED) is 0.717. The van der Waals surface area contributed by atoms with Gasteiger partial charge in [0, 0.05) is 12.3 Å². The lowest BCUT2D eigenvalue weighted by Gasteiger charge is -2.02. The Morgan fingerprint density at radius 2 is 1.79 bits per heavy atom. The Balaban J connectivity index is 2.42. The fraction of sp³-hybridized carbons (Fsp3) is 0.0833. The molecular formula is C12H11NO. The first-order chi connectivity index (χ1) is 6.90. The van der Waals surface area contributed by atoms with Gasteiger partial charge in [0.25, 0.3) is 0 Å². The molecule has 1 aromatic heterocycles. The molecule has 0 unspecified atom stereocenters. The van der Waals surface area contributed by atoms with Crippen molar-refractivity contribution in [3.63, 3.8) is 0 Å². The van der Waals surface area contributed by atoms with Crippen LogP contribution in [-0.4, -0.2) is 12.1 Å². The highest BCUT2D eigenvalue weighted by molar-refractivity contribution is 5.63. The predicted molar refractivity (Wildman–Crippen MR) is 56.2 cm³/mol. The van der Waals surface area contributed by atoms with Crippen molar-refractivity contribution >= 4 is 0 Å². The Labute approximate surface area is 83.2 Å². The van der Waals surface area contributed by atoms with Crippen LogP contribution < -0.4 is 4.74 Å². The number of hydrogen-bond acceptors (Lipinski definition) is 2. The summed E-state index contributed by atoms with van der Waals surface area (Å²) in [6.45, 7) is 0. The average Bonchev–Trinajstić information content (AvgIpc) is 2.30. The summed E-state index contributed by atoms with van der Waals surface area (Å²) in [5.41, 5.74) is 2.30. The summed E-state index contributed by atoms with van der Waals surface area (Å²) >= 11 is 0. The summed E-state index contributed by atoms with van der Waals surface area (Å²) in [6, 6.07) is 14.1. The van der Waals surface area contributed by atoms with Crippen LogP contribution in [0.1, 0.15) is 0 Å². The zero-order chi connectivity index (χ0) is 9.80. The minimum Gasteiger partial charge on any atom is -0.481 e. The Hall–Kier alpha value is -1.83. The van der Waals surface area contributed by atoms with Gasteiger partial charge in [0.2, 0.25) is 5.88 Å². The maximum atomic E-state index is 5.07. The molecule has 0 saturated heterocycles. The standard InChI is InChI=1S/C12H11NO/c1-14-12-9-11(7-8-13-12)10-5-3-2-4-6-10/h2-9H,1H3. The fourth-order valence-corrected chi connectivity index (χ4v) is 1.33. The lowest BCUT2D eigenvalue weighted by molar-refractivity contribution is 0.398. The SMILES string of the molecule is COc1cc(-c2ccccc2)ccn1. The van der Waals surface area contributed by atoms with Crippen LogP contribution in [0.4, 0.5) is 0 Å². The van der Waals surface area contributed by atoms with Gasteiger partial charge in [0.05, 0.1) is 7.11 Å². The van der Waals surface area contributed by atoms with E-state index < -0.39 is 0 Å². The van der Waals surface area contributed by atoms with Crippen LogP contribution in [0, 0.1) is 0 Å². The average molecular weight is 185 g/mol. The monoisotopic (exact) mass is 185 g/mol. The summed E-state index contributed by atoms with van der Waals surface area (Å²) < 4.78 is 5.07. The molecule has 0 radical (unpaired) electrons. The van der Waals surface area contributed by atoms with Crippen molar-refractivity contribution in [2.24, 2.45) is 0 Å². The lowest BCUT2D eigenvalue weighted by atomic mass is 10.1. The van der Waals surface area contributed by atoms with E-state index in [1.807, 2.05) is 30.3 Å². The highest BCUT2D eigenvalue weighted by atomic mass is 16.5. The van der Waals surface area contributed by atoms with Crippen molar-refractivity contribution in [1.29, 1.82) is 0 Å². The third-order valence-corrected chi connectivity index (χ3v) is 2.05. The normalized spacial score (nSPS) is 9.79. The summed E-state index contributed by atoms with van der Waals surface area (Å²) in [5, 5.41) is 0. The van der Waals surface area contributed by atoms with E-state index in [2.05, 4.69) is 17.1 Å². The number of rotatable bonds is 2. The van der Waals surface area contributed by atoms with E-state index in [-0.39, 0.29) is 0 Å². The number of pyridine rings is 1. The third kappa shape index (κ3) is 1.74. The fourth-order valence-electron chi connectivity index (χ4n) is 1.33. The Morgan fingerprint density at radius 3 is 2.50 bits per heavy atom. The Kier molecular flexibility index (Phi) is 2.45. The molecule has 70 valence electrons. The van der Waals surface area contributed by atoms with E-state index in [4.69, 9.17) is 4.74 Å². The zero-order valence-electron chi connectivity index (χ0n) is 7.97. The number of methoxy groups -OCH3 is 1.